The molecule has 2 aromatic rings. The number of aromatic nitrogens is 1. The molecular weight excluding hydrogens is 230 g/mol. The number of aryl methyl sites for hydroxylation is 1. The van der Waals surface area contributed by atoms with E-state index in [4.69, 9.17) is 21.4 Å². The van der Waals surface area contributed by atoms with E-state index in [1.165, 1.54) is 7.11 Å². The van der Waals surface area contributed by atoms with E-state index in [-0.39, 0.29) is 5.56 Å². The molecular formula is C11H10ClNO3. The highest BCUT2D eigenvalue weighted by Gasteiger charge is 2.19. The van der Waals surface area contributed by atoms with Crippen molar-refractivity contribution >= 4 is 28.5 Å². The minimum atomic E-state index is -1.00. The zero-order chi connectivity index (χ0) is 11.9. The van der Waals surface area contributed by atoms with Crippen LogP contribution in [0.3, 0.4) is 0 Å². The van der Waals surface area contributed by atoms with Gasteiger partial charge in [0.25, 0.3) is 0 Å². The van der Waals surface area contributed by atoms with Gasteiger partial charge >= 0.3 is 5.97 Å². The van der Waals surface area contributed by atoms with Gasteiger partial charge in [0.05, 0.1) is 17.7 Å². The number of aromatic amines is 1. The molecule has 2 rings (SSSR count). The van der Waals surface area contributed by atoms with E-state index >= 15 is 0 Å². The van der Waals surface area contributed by atoms with Crippen LogP contribution in [-0.2, 0) is 0 Å². The fourth-order valence-corrected chi connectivity index (χ4v) is 2.12. The van der Waals surface area contributed by atoms with E-state index in [2.05, 4.69) is 4.98 Å². The summed E-state index contributed by atoms with van der Waals surface area (Å²) in [4.78, 5) is 14.1. The second kappa shape index (κ2) is 3.72. The zero-order valence-corrected chi connectivity index (χ0v) is 9.55. The number of methoxy groups -OCH3 is 1. The Bertz CT molecular complexity index is 574. The Balaban J connectivity index is 2.89. The van der Waals surface area contributed by atoms with Gasteiger partial charge in [-0.25, -0.2) is 4.79 Å². The quantitative estimate of drug-likeness (QED) is 0.847. The Morgan fingerprint density at radius 2 is 2.19 bits per heavy atom. The normalized spacial score (nSPS) is 10.7. The van der Waals surface area contributed by atoms with E-state index in [0.29, 0.717) is 27.4 Å². The topological polar surface area (TPSA) is 62.3 Å². The lowest BCUT2D eigenvalue weighted by atomic mass is 10.1. The average molecular weight is 240 g/mol. The molecule has 0 spiro atoms. The van der Waals surface area contributed by atoms with E-state index < -0.39 is 5.97 Å². The molecule has 5 heteroatoms. The lowest BCUT2D eigenvalue weighted by molar-refractivity contribution is 0.0698. The first kappa shape index (κ1) is 10.8. The van der Waals surface area contributed by atoms with E-state index in [0.717, 1.165) is 0 Å². The first-order valence-corrected chi connectivity index (χ1v) is 5.02. The van der Waals surface area contributed by atoms with Crippen LogP contribution in [0.1, 0.15) is 16.1 Å². The summed E-state index contributed by atoms with van der Waals surface area (Å²) in [6.45, 7) is 1.70. The Labute approximate surface area is 96.8 Å². The van der Waals surface area contributed by atoms with Crippen LogP contribution in [0.25, 0.3) is 10.9 Å². The summed E-state index contributed by atoms with van der Waals surface area (Å²) in [6, 6.07) is 3.45. The average Bonchev–Trinajstić information content (AvgIpc) is 2.56. The number of ether oxygens (including phenoxy) is 1. The van der Waals surface area contributed by atoms with Crippen LogP contribution in [0.2, 0.25) is 5.02 Å². The standard InChI is InChI=1S/C11H10ClNO3/c1-5-8(11(14)15)9-6(13-5)3-4-7(16-2)10(9)12/h3-4,13H,1-2H3,(H,14,15). The zero-order valence-electron chi connectivity index (χ0n) is 8.80. The fraction of sp³-hybridized carbons (Fsp3) is 0.182. The van der Waals surface area contributed by atoms with Gasteiger partial charge in [-0.1, -0.05) is 11.6 Å². The molecule has 2 N–H and O–H groups in total. The van der Waals surface area contributed by atoms with Crippen molar-refractivity contribution in [3.05, 3.63) is 28.4 Å². The highest BCUT2D eigenvalue weighted by Crippen LogP contribution is 2.35. The van der Waals surface area contributed by atoms with Gasteiger partial charge in [0.2, 0.25) is 0 Å². The maximum Gasteiger partial charge on any atom is 0.338 e. The van der Waals surface area contributed by atoms with Gasteiger partial charge in [0.1, 0.15) is 5.75 Å². The molecule has 0 aliphatic rings. The molecule has 0 fully saturated rings. The minimum absolute atomic E-state index is 0.193. The molecule has 0 unspecified atom stereocenters. The van der Waals surface area contributed by atoms with Crippen LogP contribution in [0.15, 0.2) is 12.1 Å². The molecule has 0 amide bonds. The number of aromatic carboxylic acids is 1. The molecule has 0 saturated heterocycles. The number of rotatable bonds is 2. The molecule has 16 heavy (non-hydrogen) atoms. The number of carboxylic acids is 1. The Morgan fingerprint density at radius 1 is 1.50 bits per heavy atom. The number of carbonyl (C=O) groups is 1. The third-order valence-electron chi connectivity index (χ3n) is 2.49. The highest BCUT2D eigenvalue weighted by molar-refractivity contribution is 6.38. The third kappa shape index (κ3) is 1.42. The molecule has 0 aliphatic carbocycles. The molecule has 0 atom stereocenters. The minimum Gasteiger partial charge on any atom is -0.495 e. The second-order valence-corrected chi connectivity index (χ2v) is 3.81. The van der Waals surface area contributed by atoms with Crippen LogP contribution in [0, 0.1) is 6.92 Å². The summed E-state index contributed by atoms with van der Waals surface area (Å²) in [7, 11) is 1.49. The first-order chi connectivity index (χ1) is 7.56. The molecule has 0 saturated carbocycles. The van der Waals surface area contributed by atoms with Crippen LogP contribution < -0.4 is 4.74 Å². The molecule has 84 valence electrons. The summed E-state index contributed by atoms with van der Waals surface area (Å²) >= 11 is 6.10. The molecule has 4 nitrogen and oxygen atoms in total. The molecule has 0 bridgehead atoms. The number of halogens is 1. The van der Waals surface area contributed by atoms with Crippen LogP contribution in [0.4, 0.5) is 0 Å². The Hall–Kier alpha value is -1.68. The number of hydrogen-bond acceptors (Lipinski definition) is 2. The van der Waals surface area contributed by atoms with Crippen molar-refractivity contribution in [1.82, 2.24) is 4.98 Å². The summed E-state index contributed by atoms with van der Waals surface area (Å²) in [6.07, 6.45) is 0. The van der Waals surface area contributed by atoms with Crippen molar-refractivity contribution in [1.29, 1.82) is 0 Å². The number of carboxylic acid groups (broad SMARTS) is 1. The monoisotopic (exact) mass is 239 g/mol. The van der Waals surface area contributed by atoms with Gasteiger partial charge in [-0.3, -0.25) is 0 Å². The summed E-state index contributed by atoms with van der Waals surface area (Å²) in [5.41, 5.74) is 1.47. The van der Waals surface area contributed by atoms with Crippen LogP contribution in [-0.4, -0.2) is 23.2 Å². The van der Waals surface area contributed by atoms with Gasteiger partial charge in [-0.05, 0) is 19.1 Å². The number of H-pyrrole nitrogens is 1. The lowest BCUT2D eigenvalue weighted by Gasteiger charge is -2.04. The second-order valence-electron chi connectivity index (χ2n) is 3.43. The maximum atomic E-state index is 11.1. The largest absolute Gasteiger partial charge is 0.495 e. The van der Waals surface area contributed by atoms with Gasteiger partial charge < -0.3 is 14.8 Å². The Kier molecular flexibility index (Phi) is 2.52. The predicted octanol–water partition coefficient (Wildman–Crippen LogP) is 2.84. The van der Waals surface area contributed by atoms with Gasteiger partial charge in [0, 0.05) is 16.6 Å². The SMILES string of the molecule is COc1ccc2[nH]c(C)c(C(=O)O)c2c1Cl. The highest BCUT2D eigenvalue weighted by atomic mass is 35.5. The maximum absolute atomic E-state index is 11.1. The first-order valence-electron chi connectivity index (χ1n) is 4.64. The predicted molar refractivity (Wildman–Crippen MR) is 61.6 cm³/mol. The lowest BCUT2D eigenvalue weighted by Crippen LogP contribution is -1.97. The molecule has 1 aromatic heterocycles. The summed E-state index contributed by atoms with van der Waals surface area (Å²) in [5, 5.41) is 9.93. The van der Waals surface area contributed by atoms with Crippen LogP contribution in [0.5, 0.6) is 5.75 Å². The number of hydrogen-bond donors (Lipinski definition) is 2. The van der Waals surface area contributed by atoms with Crippen molar-refractivity contribution < 1.29 is 14.6 Å². The van der Waals surface area contributed by atoms with Crippen LogP contribution >= 0.6 is 11.6 Å². The fourth-order valence-electron chi connectivity index (χ4n) is 1.78. The molecule has 0 radical (unpaired) electrons. The van der Waals surface area contributed by atoms with E-state index in [1.807, 2.05) is 0 Å². The van der Waals surface area contributed by atoms with Gasteiger partial charge in [-0.15, -0.1) is 0 Å². The van der Waals surface area contributed by atoms with Crippen molar-refractivity contribution in [3.63, 3.8) is 0 Å². The number of nitrogens with one attached hydrogen (secondary N) is 1. The Morgan fingerprint density at radius 3 is 2.75 bits per heavy atom. The van der Waals surface area contributed by atoms with Gasteiger partial charge in [-0.2, -0.15) is 0 Å². The number of benzene rings is 1. The summed E-state index contributed by atoms with van der Waals surface area (Å²) < 4.78 is 5.06. The molecule has 1 aromatic carbocycles. The van der Waals surface area contributed by atoms with Crippen molar-refractivity contribution in [2.45, 2.75) is 6.92 Å². The van der Waals surface area contributed by atoms with Gasteiger partial charge in [0.15, 0.2) is 0 Å². The third-order valence-corrected chi connectivity index (χ3v) is 2.86. The van der Waals surface area contributed by atoms with E-state index in [1.54, 1.807) is 19.1 Å². The molecule has 0 aliphatic heterocycles. The molecule has 1 heterocycles. The summed E-state index contributed by atoms with van der Waals surface area (Å²) in [5.74, 6) is -0.533. The van der Waals surface area contributed by atoms with E-state index in [9.17, 15) is 4.79 Å². The van der Waals surface area contributed by atoms with Crippen molar-refractivity contribution in [3.8, 4) is 5.75 Å². The van der Waals surface area contributed by atoms with Crippen molar-refractivity contribution in [2.75, 3.05) is 7.11 Å². The van der Waals surface area contributed by atoms with Crippen molar-refractivity contribution in [2.24, 2.45) is 0 Å². The smallest absolute Gasteiger partial charge is 0.338 e. The number of fused-ring (bicyclic) bond motifs is 1.